The summed E-state index contributed by atoms with van der Waals surface area (Å²) in [5, 5.41) is 3.09. The smallest absolute Gasteiger partial charge is 0.193 e. The van der Waals surface area contributed by atoms with Gasteiger partial charge in [0.05, 0.1) is 5.56 Å². The molecule has 0 unspecified atom stereocenters. The lowest BCUT2D eigenvalue weighted by Crippen LogP contribution is -2.16. The highest BCUT2D eigenvalue weighted by molar-refractivity contribution is 5.61. The van der Waals surface area contributed by atoms with Crippen LogP contribution in [-0.2, 0) is 0 Å². The Hall–Kier alpha value is -1.88. The Balaban J connectivity index is 2.02. The third-order valence-electron chi connectivity index (χ3n) is 2.90. The first-order chi connectivity index (χ1) is 9.58. The van der Waals surface area contributed by atoms with E-state index in [0.717, 1.165) is 19.5 Å². The molecule has 0 saturated heterocycles. The van der Waals surface area contributed by atoms with Crippen LogP contribution in [0.4, 0.5) is 14.7 Å². The molecular weight excluding hydrogens is 262 g/mol. The molecule has 20 heavy (non-hydrogen) atoms. The fourth-order valence-corrected chi connectivity index (χ4v) is 1.91. The molecule has 0 atom stereocenters. The molecule has 0 aliphatic carbocycles. The maximum atomic E-state index is 13.6. The van der Waals surface area contributed by atoms with Gasteiger partial charge in [0.2, 0.25) is 0 Å². The zero-order chi connectivity index (χ0) is 14.5. The summed E-state index contributed by atoms with van der Waals surface area (Å²) >= 11 is 0. The van der Waals surface area contributed by atoms with Crippen molar-refractivity contribution in [1.29, 1.82) is 0 Å². The fourth-order valence-electron chi connectivity index (χ4n) is 1.91. The average Bonchev–Trinajstić information content (AvgIpc) is 2.83. The van der Waals surface area contributed by atoms with Crippen LogP contribution in [0, 0.1) is 11.6 Å². The highest BCUT2D eigenvalue weighted by atomic mass is 19.1. The van der Waals surface area contributed by atoms with Crippen molar-refractivity contribution in [3.63, 3.8) is 0 Å². The standard InChI is InChI=1S/C15H18F2N2O/c1-19(2)10-4-9-18-14-8-7-13(20-14)15-11(16)5-3-6-12(15)17/h3,5-8,18H,4,9-10H2,1-2H3. The van der Waals surface area contributed by atoms with Gasteiger partial charge in [-0.2, -0.15) is 0 Å². The number of halogens is 2. The summed E-state index contributed by atoms with van der Waals surface area (Å²) in [6, 6.07) is 7.00. The molecule has 3 nitrogen and oxygen atoms in total. The number of furan rings is 1. The van der Waals surface area contributed by atoms with Gasteiger partial charge in [-0.1, -0.05) is 6.07 Å². The van der Waals surface area contributed by atoms with Crippen molar-refractivity contribution in [2.45, 2.75) is 6.42 Å². The van der Waals surface area contributed by atoms with Crippen LogP contribution < -0.4 is 5.32 Å². The third-order valence-corrected chi connectivity index (χ3v) is 2.90. The Morgan fingerprint density at radius 2 is 1.80 bits per heavy atom. The van der Waals surface area contributed by atoms with Gasteiger partial charge in [-0.15, -0.1) is 0 Å². The second-order valence-corrected chi connectivity index (χ2v) is 4.84. The summed E-state index contributed by atoms with van der Waals surface area (Å²) < 4.78 is 32.7. The normalized spacial score (nSPS) is 11.1. The highest BCUT2D eigenvalue weighted by Crippen LogP contribution is 2.29. The molecule has 2 rings (SSSR count). The Bertz CT molecular complexity index is 547. The van der Waals surface area contributed by atoms with Gasteiger partial charge in [0, 0.05) is 12.6 Å². The second kappa shape index (κ2) is 6.52. The van der Waals surface area contributed by atoms with Crippen molar-refractivity contribution in [1.82, 2.24) is 4.90 Å². The molecule has 0 amide bonds. The molecule has 5 heteroatoms. The molecule has 1 N–H and O–H groups in total. The van der Waals surface area contributed by atoms with E-state index in [2.05, 4.69) is 10.2 Å². The molecule has 0 radical (unpaired) electrons. The zero-order valence-electron chi connectivity index (χ0n) is 11.6. The van der Waals surface area contributed by atoms with Crippen LogP contribution >= 0.6 is 0 Å². The lowest BCUT2D eigenvalue weighted by atomic mass is 10.1. The molecule has 0 aliphatic rings. The van der Waals surface area contributed by atoms with Gasteiger partial charge >= 0.3 is 0 Å². The zero-order valence-corrected chi connectivity index (χ0v) is 11.6. The number of nitrogens with one attached hydrogen (secondary N) is 1. The first kappa shape index (κ1) is 14.5. The minimum absolute atomic E-state index is 0.131. The lowest BCUT2D eigenvalue weighted by Gasteiger charge is -2.09. The molecule has 1 heterocycles. The second-order valence-electron chi connectivity index (χ2n) is 4.84. The van der Waals surface area contributed by atoms with Gasteiger partial charge in [-0.3, -0.25) is 0 Å². The Morgan fingerprint density at radius 3 is 2.45 bits per heavy atom. The summed E-state index contributed by atoms with van der Waals surface area (Å²) in [7, 11) is 4.01. The van der Waals surface area contributed by atoms with Crippen LogP contribution in [0.3, 0.4) is 0 Å². The molecule has 2 aromatic rings. The van der Waals surface area contributed by atoms with Crippen molar-refractivity contribution in [3.8, 4) is 11.3 Å². The van der Waals surface area contributed by atoms with Crippen molar-refractivity contribution in [3.05, 3.63) is 42.0 Å². The van der Waals surface area contributed by atoms with E-state index in [9.17, 15) is 8.78 Å². The SMILES string of the molecule is CN(C)CCCNc1ccc(-c2c(F)cccc2F)o1. The van der Waals surface area contributed by atoms with Gasteiger partial charge in [0.1, 0.15) is 17.4 Å². The molecule has 0 spiro atoms. The van der Waals surface area contributed by atoms with E-state index in [-0.39, 0.29) is 11.3 Å². The number of nitrogens with zero attached hydrogens (tertiary/aromatic N) is 1. The van der Waals surface area contributed by atoms with Crippen molar-refractivity contribution < 1.29 is 13.2 Å². The molecule has 0 saturated carbocycles. The van der Waals surface area contributed by atoms with Gasteiger partial charge in [-0.05, 0) is 45.3 Å². The molecule has 108 valence electrons. The first-order valence-corrected chi connectivity index (χ1v) is 6.51. The maximum Gasteiger partial charge on any atom is 0.193 e. The van der Waals surface area contributed by atoms with E-state index in [1.54, 1.807) is 12.1 Å². The van der Waals surface area contributed by atoms with E-state index in [4.69, 9.17) is 4.42 Å². The minimum Gasteiger partial charge on any atom is -0.441 e. The van der Waals surface area contributed by atoms with Crippen LogP contribution in [0.2, 0.25) is 0 Å². The van der Waals surface area contributed by atoms with Crippen molar-refractivity contribution in [2.24, 2.45) is 0 Å². The number of rotatable bonds is 6. The van der Waals surface area contributed by atoms with E-state index < -0.39 is 11.6 Å². The molecular formula is C15H18F2N2O. The number of anilines is 1. The summed E-state index contributed by atoms with van der Waals surface area (Å²) in [4.78, 5) is 2.09. The van der Waals surface area contributed by atoms with E-state index in [1.165, 1.54) is 18.2 Å². The summed E-state index contributed by atoms with van der Waals surface area (Å²) in [6.45, 7) is 1.70. The number of hydrogen-bond donors (Lipinski definition) is 1. The Morgan fingerprint density at radius 1 is 1.10 bits per heavy atom. The fraction of sp³-hybridized carbons (Fsp3) is 0.333. The van der Waals surface area contributed by atoms with Gasteiger partial charge in [-0.25, -0.2) is 8.78 Å². The first-order valence-electron chi connectivity index (χ1n) is 6.51. The maximum absolute atomic E-state index is 13.6. The van der Waals surface area contributed by atoms with Gasteiger partial charge < -0.3 is 14.6 Å². The Kier molecular flexibility index (Phi) is 4.74. The lowest BCUT2D eigenvalue weighted by molar-refractivity contribution is 0.404. The molecule has 1 aromatic heterocycles. The van der Waals surface area contributed by atoms with Gasteiger partial charge in [0.25, 0.3) is 0 Å². The Labute approximate surface area is 117 Å². The average molecular weight is 280 g/mol. The predicted molar refractivity (Wildman–Crippen MR) is 75.7 cm³/mol. The number of benzene rings is 1. The summed E-state index contributed by atoms with van der Waals surface area (Å²) in [6.07, 6.45) is 0.955. The topological polar surface area (TPSA) is 28.4 Å². The van der Waals surface area contributed by atoms with Crippen LogP contribution in [-0.4, -0.2) is 32.1 Å². The van der Waals surface area contributed by atoms with E-state index in [0.29, 0.717) is 5.88 Å². The third kappa shape index (κ3) is 3.57. The minimum atomic E-state index is -0.626. The van der Waals surface area contributed by atoms with Gasteiger partial charge in [0.15, 0.2) is 5.88 Å². The monoisotopic (exact) mass is 280 g/mol. The summed E-state index contributed by atoms with van der Waals surface area (Å²) in [5.74, 6) is -0.547. The van der Waals surface area contributed by atoms with Crippen molar-refractivity contribution >= 4 is 5.88 Å². The molecule has 1 aromatic carbocycles. The van der Waals surface area contributed by atoms with Crippen LogP contribution in [0.15, 0.2) is 34.7 Å². The molecule has 0 bridgehead atoms. The largest absolute Gasteiger partial charge is 0.441 e. The van der Waals surface area contributed by atoms with Crippen molar-refractivity contribution in [2.75, 3.05) is 32.5 Å². The predicted octanol–water partition coefficient (Wildman–Crippen LogP) is 3.59. The molecule has 0 fully saturated rings. The van der Waals surface area contributed by atoms with E-state index >= 15 is 0 Å². The van der Waals surface area contributed by atoms with Crippen LogP contribution in [0.1, 0.15) is 6.42 Å². The number of hydrogen-bond acceptors (Lipinski definition) is 3. The van der Waals surface area contributed by atoms with Crippen LogP contribution in [0.5, 0.6) is 0 Å². The quantitative estimate of drug-likeness (QED) is 0.820. The van der Waals surface area contributed by atoms with E-state index in [1.807, 2.05) is 14.1 Å². The highest BCUT2D eigenvalue weighted by Gasteiger charge is 2.14. The molecule has 0 aliphatic heterocycles. The summed E-state index contributed by atoms with van der Waals surface area (Å²) in [5.41, 5.74) is -0.131. The van der Waals surface area contributed by atoms with Crippen LogP contribution in [0.25, 0.3) is 11.3 Å².